The van der Waals surface area contributed by atoms with Gasteiger partial charge in [-0.3, -0.25) is 9.52 Å². The zero-order chi connectivity index (χ0) is 15.6. The van der Waals surface area contributed by atoms with Crippen LogP contribution < -0.4 is 4.72 Å². The number of sulfonamides is 1. The number of ether oxygens (including phenoxy) is 1. The summed E-state index contributed by atoms with van der Waals surface area (Å²) in [5.41, 5.74) is 2.05. The molecule has 6 nitrogen and oxygen atoms in total. The van der Waals surface area contributed by atoms with Crippen LogP contribution in [0.4, 0.5) is 5.69 Å². The average Bonchev–Trinajstić information content (AvgIpc) is 2.78. The highest BCUT2D eigenvalue weighted by Gasteiger charge is 2.22. The summed E-state index contributed by atoms with van der Waals surface area (Å²) in [5, 5.41) is 0.844. The van der Waals surface area contributed by atoms with Gasteiger partial charge in [0.05, 0.1) is 25.0 Å². The molecule has 1 heterocycles. The van der Waals surface area contributed by atoms with Crippen molar-refractivity contribution in [3.63, 3.8) is 0 Å². The second-order valence-electron chi connectivity index (χ2n) is 4.94. The zero-order valence-corrected chi connectivity index (χ0v) is 12.9. The minimum atomic E-state index is -3.63. The molecule has 0 bridgehead atoms. The number of esters is 1. The Hall–Kier alpha value is -2.02. The average molecular weight is 311 g/mol. The van der Waals surface area contributed by atoms with E-state index in [9.17, 15) is 13.2 Å². The largest absolute Gasteiger partial charge is 0.469 e. The van der Waals surface area contributed by atoms with E-state index in [0.29, 0.717) is 11.3 Å². The van der Waals surface area contributed by atoms with Crippen LogP contribution in [0.2, 0.25) is 0 Å². The molecule has 0 saturated carbocycles. The summed E-state index contributed by atoms with van der Waals surface area (Å²) in [4.78, 5) is 11.3. The Kier molecular flexibility index (Phi) is 4.22. The minimum absolute atomic E-state index is 0.331. The summed E-state index contributed by atoms with van der Waals surface area (Å²) in [6, 6.07) is 5.02. The number of fused-ring (bicyclic) bond motifs is 1. The van der Waals surface area contributed by atoms with Crippen molar-refractivity contribution in [2.45, 2.75) is 13.8 Å². The lowest BCUT2D eigenvalue weighted by Crippen LogP contribution is -2.26. The highest BCUT2D eigenvalue weighted by molar-refractivity contribution is 7.92. The number of anilines is 1. The predicted molar refractivity (Wildman–Crippen MR) is 79.5 cm³/mol. The van der Waals surface area contributed by atoms with Gasteiger partial charge < -0.3 is 9.15 Å². The van der Waals surface area contributed by atoms with Crippen LogP contribution in [0.25, 0.3) is 11.0 Å². The van der Waals surface area contributed by atoms with Crippen molar-refractivity contribution < 1.29 is 22.4 Å². The lowest BCUT2D eigenvalue weighted by Gasteiger charge is -2.11. The van der Waals surface area contributed by atoms with Gasteiger partial charge in [-0.15, -0.1) is 0 Å². The van der Waals surface area contributed by atoms with E-state index in [2.05, 4.69) is 9.46 Å². The molecule has 0 saturated heterocycles. The maximum atomic E-state index is 12.0. The molecule has 0 aliphatic carbocycles. The SMILES string of the molecule is COC(=O)C(C)CS(=O)(=O)Nc1ccc2occ(C)c2c1. The lowest BCUT2D eigenvalue weighted by atomic mass is 10.2. The molecule has 2 rings (SSSR count). The van der Waals surface area contributed by atoms with E-state index in [-0.39, 0.29) is 5.75 Å². The van der Waals surface area contributed by atoms with E-state index < -0.39 is 21.9 Å². The van der Waals surface area contributed by atoms with Crippen LogP contribution in [0.3, 0.4) is 0 Å². The van der Waals surface area contributed by atoms with Gasteiger partial charge >= 0.3 is 5.97 Å². The zero-order valence-electron chi connectivity index (χ0n) is 12.0. The van der Waals surface area contributed by atoms with Crippen LogP contribution in [0.15, 0.2) is 28.9 Å². The van der Waals surface area contributed by atoms with Crippen molar-refractivity contribution in [3.05, 3.63) is 30.0 Å². The molecule has 0 aliphatic heterocycles. The first-order valence-corrected chi connectivity index (χ1v) is 8.04. The van der Waals surface area contributed by atoms with Gasteiger partial charge in [0.2, 0.25) is 10.0 Å². The molecule has 1 unspecified atom stereocenters. The molecule has 1 aromatic carbocycles. The molecule has 0 aliphatic rings. The van der Waals surface area contributed by atoms with Gasteiger partial charge in [-0.05, 0) is 30.7 Å². The second kappa shape index (κ2) is 5.77. The standard InChI is InChI=1S/C14H17NO5S/c1-9-7-20-13-5-4-11(6-12(9)13)15-21(17,18)8-10(2)14(16)19-3/h4-7,10,15H,8H2,1-3H3. The molecule has 2 aromatic rings. The number of carbonyl (C=O) groups excluding carboxylic acids is 1. The number of methoxy groups -OCH3 is 1. The molecule has 1 atom stereocenters. The fourth-order valence-corrected chi connectivity index (χ4v) is 3.40. The molecule has 0 fully saturated rings. The quantitative estimate of drug-likeness (QED) is 0.856. The first-order valence-electron chi connectivity index (χ1n) is 6.38. The molecule has 0 spiro atoms. The van der Waals surface area contributed by atoms with Crippen LogP contribution in [-0.4, -0.2) is 27.2 Å². The molecule has 114 valence electrons. The first kappa shape index (κ1) is 15.4. The van der Waals surface area contributed by atoms with Crippen LogP contribution in [0.1, 0.15) is 12.5 Å². The predicted octanol–water partition coefficient (Wildman–Crippen LogP) is 2.29. The Morgan fingerprint density at radius 3 is 2.81 bits per heavy atom. The number of furan rings is 1. The molecule has 1 aromatic heterocycles. The van der Waals surface area contributed by atoms with E-state index in [1.54, 1.807) is 24.5 Å². The third-order valence-electron chi connectivity index (χ3n) is 3.11. The molecule has 1 N–H and O–H groups in total. The van der Waals surface area contributed by atoms with E-state index in [1.165, 1.54) is 14.0 Å². The fraction of sp³-hybridized carbons (Fsp3) is 0.357. The summed E-state index contributed by atoms with van der Waals surface area (Å²) in [6.45, 7) is 3.39. The maximum absolute atomic E-state index is 12.0. The number of nitrogens with one attached hydrogen (secondary N) is 1. The summed E-state index contributed by atoms with van der Waals surface area (Å²) in [5.74, 6) is -1.62. The molecule has 7 heteroatoms. The van der Waals surface area contributed by atoms with Crippen LogP contribution >= 0.6 is 0 Å². The summed E-state index contributed by atoms with van der Waals surface area (Å²) >= 11 is 0. The number of hydrogen-bond donors (Lipinski definition) is 1. The van der Waals surface area contributed by atoms with E-state index in [4.69, 9.17) is 4.42 Å². The normalized spacial score (nSPS) is 13.1. The highest BCUT2D eigenvalue weighted by Crippen LogP contribution is 2.24. The Bertz CT molecular complexity index is 763. The van der Waals surface area contributed by atoms with Gasteiger partial charge in [0.25, 0.3) is 0 Å². The second-order valence-corrected chi connectivity index (χ2v) is 6.70. The van der Waals surface area contributed by atoms with E-state index in [0.717, 1.165) is 10.9 Å². The summed E-state index contributed by atoms with van der Waals surface area (Å²) < 4.78 is 36.4. The van der Waals surface area contributed by atoms with Crippen molar-refractivity contribution in [1.29, 1.82) is 0 Å². The molecular weight excluding hydrogens is 294 g/mol. The van der Waals surface area contributed by atoms with Crippen LogP contribution in [0.5, 0.6) is 0 Å². The summed E-state index contributed by atoms with van der Waals surface area (Å²) in [7, 11) is -2.40. The van der Waals surface area contributed by atoms with Crippen molar-refractivity contribution in [3.8, 4) is 0 Å². The van der Waals surface area contributed by atoms with Gasteiger partial charge in [0, 0.05) is 11.1 Å². The fourth-order valence-electron chi connectivity index (χ4n) is 2.04. The minimum Gasteiger partial charge on any atom is -0.469 e. The monoisotopic (exact) mass is 311 g/mol. The van der Waals surface area contributed by atoms with Gasteiger partial charge in [0.15, 0.2) is 0 Å². The number of carbonyl (C=O) groups is 1. The number of benzene rings is 1. The topological polar surface area (TPSA) is 85.6 Å². The number of hydrogen-bond acceptors (Lipinski definition) is 5. The molecule has 21 heavy (non-hydrogen) atoms. The summed E-state index contributed by atoms with van der Waals surface area (Å²) in [6.07, 6.45) is 1.61. The van der Waals surface area contributed by atoms with Crippen molar-refractivity contribution in [1.82, 2.24) is 0 Å². The Labute approximate surface area is 123 Å². The van der Waals surface area contributed by atoms with Crippen LogP contribution in [0, 0.1) is 12.8 Å². The van der Waals surface area contributed by atoms with Crippen LogP contribution in [-0.2, 0) is 19.6 Å². The third kappa shape index (κ3) is 3.55. The maximum Gasteiger partial charge on any atom is 0.309 e. The molecule has 0 radical (unpaired) electrons. The first-order chi connectivity index (χ1) is 9.82. The number of aryl methyl sites for hydroxylation is 1. The third-order valence-corrected chi connectivity index (χ3v) is 4.60. The van der Waals surface area contributed by atoms with Gasteiger partial charge in [-0.2, -0.15) is 0 Å². The van der Waals surface area contributed by atoms with Gasteiger partial charge in [-0.25, -0.2) is 8.42 Å². The Balaban J connectivity index is 2.18. The van der Waals surface area contributed by atoms with Crippen molar-refractivity contribution >= 4 is 32.6 Å². The Morgan fingerprint density at radius 2 is 2.14 bits per heavy atom. The Morgan fingerprint density at radius 1 is 1.43 bits per heavy atom. The van der Waals surface area contributed by atoms with E-state index >= 15 is 0 Å². The van der Waals surface area contributed by atoms with Crippen molar-refractivity contribution in [2.75, 3.05) is 17.6 Å². The highest BCUT2D eigenvalue weighted by atomic mass is 32.2. The molecular formula is C14H17NO5S. The molecule has 0 amide bonds. The van der Waals surface area contributed by atoms with Gasteiger partial charge in [-0.1, -0.05) is 6.92 Å². The van der Waals surface area contributed by atoms with E-state index in [1.807, 2.05) is 6.92 Å². The van der Waals surface area contributed by atoms with Crippen molar-refractivity contribution in [2.24, 2.45) is 5.92 Å². The number of rotatable bonds is 5. The smallest absolute Gasteiger partial charge is 0.309 e. The lowest BCUT2D eigenvalue weighted by molar-refractivity contribution is -0.144. The van der Waals surface area contributed by atoms with Gasteiger partial charge in [0.1, 0.15) is 5.58 Å².